The fraction of sp³-hybridized carbons (Fsp3) is 0.462. The smallest absolute Gasteiger partial charge is 0.243 e. The average molecular weight is 282 g/mol. The Bertz CT molecular complexity index is 546. The average Bonchev–Trinajstić information content (AvgIpc) is 2.91. The van der Waals surface area contributed by atoms with Gasteiger partial charge < -0.3 is 5.32 Å². The fourth-order valence-corrected chi connectivity index (χ4v) is 3.60. The SMILES string of the molecule is CC(=O)NCc1ccc(S(=O)(=O)N2CCCC2)cc1. The van der Waals surface area contributed by atoms with E-state index in [9.17, 15) is 13.2 Å². The Balaban J connectivity index is 2.11. The van der Waals surface area contributed by atoms with E-state index in [-0.39, 0.29) is 5.91 Å². The zero-order chi connectivity index (χ0) is 13.9. The van der Waals surface area contributed by atoms with Gasteiger partial charge in [0.2, 0.25) is 15.9 Å². The topological polar surface area (TPSA) is 66.5 Å². The van der Waals surface area contributed by atoms with Gasteiger partial charge in [0.05, 0.1) is 4.90 Å². The molecular weight excluding hydrogens is 264 g/mol. The van der Waals surface area contributed by atoms with E-state index in [1.165, 1.54) is 11.2 Å². The summed E-state index contributed by atoms with van der Waals surface area (Å²) in [4.78, 5) is 11.1. The van der Waals surface area contributed by atoms with Gasteiger partial charge in [-0.1, -0.05) is 12.1 Å². The van der Waals surface area contributed by atoms with Crippen LogP contribution in [0.1, 0.15) is 25.3 Å². The van der Waals surface area contributed by atoms with Crippen LogP contribution in [0.3, 0.4) is 0 Å². The number of carbonyl (C=O) groups is 1. The maximum atomic E-state index is 12.3. The number of carbonyl (C=O) groups excluding carboxylic acids is 1. The molecule has 0 atom stereocenters. The van der Waals surface area contributed by atoms with Crippen molar-refractivity contribution >= 4 is 15.9 Å². The second-order valence-electron chi connectivity index (χ2n) is 4.66. The number of amides is 1. The molecule has 0 aromatic heterocycles. The molecule has 1 N–H and O–H groups in total. The summed E-state index contributed by atoms with van der Waals surface area (Å²) >= 11 is 0. The van der Waals surface area contributed by atoms with Crippen LogP contribution in [-0.2, 0) is 21.4 Å². The van der Waals surface area contributed by atoms with Crippen molar-refractivity contribution in [2.75, 3.05) is 13.1 Å². The second-order valence-corrected chi connectivity index (χ2v) is 6.60. The van der Waals surface area contributed by atoms with Crippen molar-refractivity contribution in [3.8, 4) is 0 Å². The summed E-state index contributed by atoms with van der Waals surface area (Å²) in [5, 5.41) is 2.68. The Morgan fingerprint density at radius 3 is 2.32 bits per heavy atom. The van der Waals surface area contributed by atoms with Gasteiger partial charge in [0.1, 0.15) is 0 Å². The van der Waals surface area contributed by atoms with Crippen molar-refractivity contribution < 1.29 is 13.2 Å². The van der Waals surface area contributed by atoms with Gasteiger partial charge in [0, 0.05) is 26.6 Å². The lowest BCUT2D eigenvalue weighted by molar-refractivity contribution is -0.119. The molecule has 1 aromatic carbocycles. The molecule has 19 heavy (non-hydrogen) atoms. The molecule has 1 saturated heterocycles. The van der Waals surface area contributed by atoms with E-state index in [4.69, 9.17) is 0 Å². The first kappa shape index (κ1) is 14.0. The van der Waals surface area contributed by atoms with Crippen molar-refractivity contribution in [1.82, 2.24) is 9.62 Å². The van der Waals surface area contributed by atoms with Crippen molar-refractivity contribution in [2.45, 2.75) is 31.2 Å². The number of rotatable bonds is 4. The third-order valence-electron chi connectivity index (χ3n) is 3.17. The summed E-state index contributed by atoms with van der Waals surface area (Å²) in [6.07, 6.45) is 1.86. The van der Waals surface area contributed by atoms with Crippen LogP contribution >= 0.6 is 0 Å². The first-order valence-corrected chi connectivity index (χ1v) is 7.78. The van der Waals surface area contributed by atoms with Crippen LogP contribution in [0.25, 0.3) is 0 Å². The zero-order valence-corrected chi connectivity index (χ0v) is 11.7. The largest absolute Gasteiger partial charge is 0.352 e. The van der Waals surface area contributed by atoms with Gasteiger partial charge in [0.15, 0.2) is 0 Å². The Kier molecular flexibility index (Phi) is 4.21. The number of nitrogens with one attached hydrogen (secondary N) is 1. The van der Waals surface area contributed by atoms with Crippen LogP contribution in [0.4, 0.5) is 0 Å². The molecule has 1 aromatic rings. The highest BCUT2D eigenvalue weighted by molar-refractivity contribution is 7.89. The van der Waals surface area contributed by atoms with Crippen LogP contribution in [0.2, 0.25) is 0 Å². The van der Waals surface area contributed by atoms with E-state index in [2.05, 4.69) is 5.32 Å². The highest BCUT2D eigenvalue weighted by atomic mass is 32.2. The van der Waals surface area contributed by atoms with Crippen molar-refractivity contribution in [3.63, 3.8) is 0 Å². The Morgan fingerprint density at radius 1 is 1.21 bits per heavy atom. The van der Waals surface area contributed by atoms with E-state index in [1.54, 1.807) is 24.3 Å². The molecule has 1 aliphatic rings. The molecule has 0 bridgehead atoms. The molecule has 0 aliphatic carbocycles. The van der Waals surface area contributed by atoms with Gasteiger partial charge in [-0.15, -0.1) is 0 Å². The molecule has 1 fully saturated rings. The van der Waals surface area contributed by atoms with Crippen LogP contribution in [0.15, 0.2) is 29.2 Å². The Labute approximate surface area is 113 Å². The van der Waals surface area contributed by atoms with Crippen molar-refractivity contribution in [1.29, 1.82) is 0 Å². The highest BCUT2D eigenvalue weighted by Crippen LogP contribution is 2.20. The Morgan fingerprint density at radius 2 is 1.79 bits per heavy atom. The van der Waals surface area contributed by atoms with Crippen molar-refractivity contribution in [3.05, 3.63) is 29.8 Å². The second kappa shape index (κ2) is 5.71. The number of hydrogen-bond acceptors (Lipinski definition) is 3. The molecule has 0 unspecified atom stereocenters. The molecule has 1 amide bonds. The van der Waals surface area contributed by atoms with Gasteiger partial charge in [-0.2, -0.15) is 4.31 Å². The van der Waals surface area contributed by atoms with Crippen LogP contribution in [0, 0.1) is 0 Å². The molecule has 0 saturated carbocycles. The number of benzene rings is 1. The number of sulfonamides is 1. The first-order chi connectivity index (χ1) is 9.00. The molecule has 0 spiro atoms. The molecular formula is C13H18N2O3S. The van der Waals surface area contributed by atoms with Crippen LogP contribution < -0.4 is 5.32 Å². The normalized spacial score (nSPS) is 16.5. The maximum Gasteiger partial charge on any atom is 0.243 e. The molecule has 0 radical (unpaired) electrons. The van der Waals surface area contributed by atoms with E-state index in [1.807, 2.05) is 0 Å². The van der Waals surface area contributed by atoms with Crippen molar-refractivity contribution in [2.24, 2.45) is 0 Å². The van der Waals surface area contributed by atoms with Gasteiger partial charge in [-0.25, -0.2) is 8.42 Å². The Hall–Kier alpha value is -1.40. The maximum absolute atomic E-state index is 12.3. The van der Waals surface area contributed by atoms with E-state index in [0.717, 1.165) is 18.4 Å². The molecule has 5 nitrogen and oxygen atoms in total. The number of hydrogen-bond donors (Lipinski definition) is 1. The van der Waals surface area contributed by atoms with Gasteiger partial charge in [-0.3, -0.25) is 4.79 Å². The summed E-state index contributed by atoms with van der Waals surface area (Å²) in [7, 11) is -3.34. The van der Waals surface area contributed by atoms with E-state index < -0.39 is 10.0 Å². The summed E-state index contributed by atoms with van der Waals surface area (Å²) in [5.41, 5.74) is 0.885. The monoisotopic (exact) mass is 282 g/mol. The minimum absolute atomic E-state index is 0.103. The van der Waals surface area contributed by atoms with Gasteiger partial charge in [0.25, 0.3) is 0 Å². The minimum atomic E-state index is -3.34. The first-order valence-electron chi connectivity index (χ1n) is 6.34. The quantitative estimate of drug-likeness (QED) is 0.899. The summed E-state index contributed by atoms with van der Waals surface area (Å²) < 4.78 is 26.1. The predicted molar refractivity (Wildman–Crippen MR) is 72.0 cm³/mol. The third-order valence-corrected chi connectivity index (χ3v) is 5.08. The lowest BCUT2D eigenvalue weighted by atomic mass is 10.2. The summed E-state index contributed by atoms with van der Waals surface area (Å²) in [6.45, 7) is 3.08. The zero-order valence-electron chi connectivity index (χ0n) is 10.9. The lowest BCUT2D eigenvalue weighted by Gasteiger charge is -2.15. The van der Waals surface area contributed by atoms with E-state index in [0.29, 0.717) is 24.5 Å². The van der Waals surface area contributed by atoms with Crippen LogP contribution in [0.5, 0.6) is 0 Å². The fourth-order valence-electron chi connectivity index (χ4n) is 2.08. The van der Waals surface area contributed by atoms with E-state index >= 15 is 0 Å². The number of nitrogens with zero attached hydrogens (tertiary/aromatic N) is 1. The van der Waals surface area contributed by atoms with Crippen LogP contribution in [-0.4, -0.2) is 31.7 Å². The minimum Gasteiger partial charge on any atom is -0.352 e. The summed E-state index contributed by atoms with van der Waals surface area (Å²) in [6, 6.07) is 6.67. The molecule has 2 rings (SSSR count). The highest BCUT2D eigenvalue weighted by Gasteiger charge is 2.26. The molecule has 104 valence electrons. The molecule has 1 heterocycles. The third kappa shape index (κ3) is 3.33. The van der Waals surface area contributed by atoms with Gasteiger partial charge >= 0.3 is 0 Å². The predicted octanol–water partition coefficient (Wildman–Crippen LogP) is 1.11. The standard InChI is InChI=1S/C13H18N2O3S/c1-11(16)14-10-12-4-6-13(7-5-12)19(17,18)15-8-2-3-9-15/h4-7H,2-3,8-10H2,1H3,(H,14,16). The lowest BCUT2D eigenvalue weighted by Crippen LogP contribution is -2.27. The summed E-state index contributed by atoms with van der Waals surface area (Å²) in [5.74, 6) is -0.103. The molecule has 1 aliphatic heterocycles. The molecule has 6 heteroatoms. The van der Waals surface area contributed by atoms with Gasteiger partial charge in [-0.05, 0) is 30.5 Å².